The molecule has 20 heavy (non-hydrogen) atoms. The summed E-state index contributed by atoms with van der Waals surface area (Å²) in [6, 6.07) is 5.29. The predicted molar refractivity (Wildman–Crippen MR) is 81.0 cm³/mol. The van der Waals surface area contributed by atoms with Crippen LogP contribution in [-0.4, -0.2) is 40.4 Å². The van der Waals surface area contributed by atoms with Crippen molar-refractivity contribution >= 4 is 16.7 Å². The Bertz CT molecular complexity index is 558. The van der Waals surface area contributed by atoms with Gasteiger partial charge in [-0.1, -0.05) is 17.9 Å². The van der Waals surface area contributed by atoms with Crippen molar-refractivity contribution in [1.29, 1.82) is 0 Å². The molecule has 0 saturated carbocycles. The summed E-state index contributed by atoms with van der Waals surface area (Å²) < 4.78 is 10.9. The highest BCUT2D eigenvalue weighted by molar-refractivity contribution is 7.84. The number of nitrogens with one attached hydrogen (secondary N) is 1. The van der Waals surface area contributed by atoms with Crippen molar-refractivity contribution in [1.82, 2.24) is 5.32 Å². The highest BCUT2D eigenvalue weighted by Crippen LogP contribution is 2.10. The van der Waals surface area contributed by atoms with Gasteiger partial charge in [-0.05, 0) is 31.0 Å². The molecule has 0 radical (unpaired) electrons. The number of aliphatic hydroxyl groups is 1. The zero-order valence-electron chi connectivity index (χ0n) is 11.7. The quantitative estimate of drug-likeness (QED) is 0.624. The van der Waals surface area contributed by atoms with Gasteiger partial charge < -0.3 is 10.4 Å². The zero-order chi connectivity index (χ0) is 15.0. The van der Waals surface area contributed by atoms with Crippen molar-refractivity contribution in [2.75, 3.05) is 25.2 Å². The van der Waals surface area contributed by atoms with E-state index in [1.165, 1.54) is 0 Å². The van der Waals surface area contributed by atoms with Crippen molar-refractivity contribution in [2.45, 2.75) is 13.3 Å². The highest BCUT2D eigenvalue weighted by atomic mass is 32.2. The van der Waals surface area contributed by atoms with E-state index in [9.17, 15) is 9.00 Å². The molecule has 108 valence electrons. The molecule has 4 nitrogen and oxygen atoms in total. The van der Waals surface area contributed by atoms with E-state index in [0.717, 1.165) is 11.1 Å². The molecular weight excluding hydrogens is 274 g/mol. The largest absolute Gasteiger partial charge is 0.384 e. The fourth-order valence-corrected chi connectivity index (χ4v) is 2.16. The molecule has 0 aliphatic carbocycles. The maximum Gasteiger partial charge on any atom is 0.251 e. The molecule has 5 heteroatoms. The molecule has 1 aromatic rings. The Hall–Kier alpha value is -1.64. The molecule has 0 aromatic heterocycles. The lowest BCUT2D eigenvalue weighted by Crippen LogP contribution is -2.25. The van der Waals surface area contributed by atoms with Gasteiger partial charge in [-0.25, -0.2) is 0 Å². The van der Waals surface area contributed by atoms with Gasteiger partial charge in [-0.15, -0.1) is 0 Å². The van der Waals surface area contributed by atoms with Crippen LogP contribution in [0.5, 0.6) is 0 Å². The molecule has 1 amide bonds. The van der Waals surface area contributed by atoms with E-state index in [4.69, 9.17) is 5.11 Å². The topological polar surface area (TPSA) is 66.4 Å². The number of aliphatic hydroxyl groups excluding tert-OH is 1. The summed E-state index contributed by atoms with van der Waals surface area (Å²) in [4.78, 5) is 11.9. The number of amides is 1. The smallest absolute Gasteiger partial charge is 0.251 e. The number of hydrogen-bond acceptors (Lipinski definition) is 3. The number of rotatable bonds is 5. The van der Waals surface area contributed by atoms with Gasteiger partial charge in [-0.2, -0.15) is 0 Å². The van der Waals surface area contributed by atoms with Crippen molar-refractivity contribution in [2.24, 2.45) is 0 Å². The summed E-state index contributed by atoms with van der Waals surface area (Å²) in [5, 5.41) is 11.5. The Morgan fingerprint density at radius 2 is 2.20 bits per heavy atom. The first-order valence-electron chi connectivity index (χ1n) is 6.33. The van der Waals surface area contributed by atoms with Gasteiger partial charge in [-0.3, -0.25) is 9.00 Å². The fourth-order valence-electron chi connectivity index (χ4n) is 1.61. The average Bonchev–Trinajstić information content (AvgIpc) is 2.42. The molecule has 0 aliphatic heterocycles. The van der Waals surface area contributed by atoms with E-state index in [1.54, 1.807) is 18.4 Å². The summed E-state index contributed by atoms with van der Waals surface area (Å²) in [7, 11) is -0.829. The van der Waals surface area contributed by atoms with Crippen LogP contribution in [0.4, 0.5) is 0 Å². The number of benzene rings is 1. The predicted octanol–water partition coefficient (Wildman–Crippen LogP) is 0.837. The van der Waals surface area contributed by atoms with E-state index >= 15 is 0 Å². The standard InChI is InChI=1S/C15H19NO3S/c1-12-6-7-14(11-13(12)5-3-9-17)15(18)16-8-4-10-20(2)19/h6-7,11,17H,4,8-10H2,1-2H3,(H,16,18). The fraction of sp³-hybridized carbons (Fsp3) is 0.400. The molecule has 0 aliphatic rings. The highest BCUT2D eigenvalue weighted by Gasteiger charge is 2.06. The van der Waals surface area contributed by atoms with Crippen molar-refractivity contribution < 1.29 is 14.1 Å². The second kappa shape index (κ2) is 8.51. The molecule has 1 atom stereocenters. The van der Waals surface area contributed by atoms with Crippen LogP contribution in [0.1, 0.15) is 27.9 Å². The SMILES string of the molecule is Cc1ccc(C(=O)NCCCS(C)=O)cc1C#CCO. The van der Waals surface area contributed by atoms with Crippen LogP contribution >= 0.6 is 0 Å². The molecule has 1 aromatic carbocycles. The normalized spacial score (nSPS) is 11.3. The Balaban J connectivity index is 2.66. The van der Waals surface area contributed by atoms with Crippen molar-refractivity contribution in [3.8, 4) is 11.8 Å². The monoisotopic (exact) mass is 293 g/mol. The minimum absolute atomic E-state index is 0.168. The van der Waals surface area contributed by atoms with Crippen molar-refractivity contribution in [3.63, 3.8) is 0 Å². The molecule has 0 bridgehead atoms. The third-order valence-electron chi connectivity index (χ3n) is 2.70. The van der Waals surface area contributed by atoms with E-state index in [2.05, 4.69) is 17.2 Å². The first-order valence-corrected chi connectivity index (χ1v) is 8.06. The van der Waals surface area contributed by atoms with Gasteiger partial charge >= 0.3 is 0 Å². The van der Waals surface area contributed by atoms with Crippen LogP contribution in [0.2, 0.25) is 0 Å². The number of carbonyl (C=O) groups excluding carboxylic acids is 1. The summed E-state index contributed by atoms with van der Waals surface area (Å²) in [6.45, 7) is 2.20. The maximum atomic E-state index is 11.9. The summed E-state index contributed by atoms with van der Waals surface area (Å²) in [6.07, 6.45) is 2.34. The molecule has 0 saturated heterocycles. The first kappa shape index (κ1) is 16.4. The first-order chi connectivity index (χ1) is 9.54. The number of aryl methyl sites for hydroxylation is 1. The van der Waals surface area contributed by atoms with Gasteiger partial charge in [0.2, 0.25) is 0 Å². The second-order valence-electron chi connectivity index (χ2n) is 4.38. The van der Waals surface area contributed by atoms with Crippen molar-refractivity contribution in [3.05, 3.63) is 34.9 Å². The average molecular weight is 293 g/mol. The number of hydrogen-bond donors (Lipinski definition) is 2. The van der Waals surface area contributed by atoms with E-state index < -0.39 is 10.8 Å². The molecule has 0 heterocycles. The van der Waals surface area contributed by atoms with E-state index in [0.29, 0.717) is 24.3 Å². The Morgan fingerprint density at radius 3 is 2.85 bits per heavy atom. The minimum atomic E-state index is -0.829. The Labute approximate surface area is 122 Å². The molecule has 1 rings (SSSR count). The van der Waals surface area contributed by atoms with Gasteiger partial charge in [0.1, 0.15) is 6.61 Å². The van der Waals surface area contributed by atoms with E-state index in [-0.39, 0.29) is 12.5 Å². The van der Waals surface area contributed by atoms with Crippen LogP contribution in [0.25, 0.3) is 0 Å². The molecule has 0 fully saturated rings. The van der Waals surface area contributed by atoms with Gasteiger partial charge in [0.05, 0.1) is 0 Å². The Kier molecular flexibility index (Phi) is 6.99. The second-order valence-corrected chi connectivity index (χ2v) is 5.93. The zero-order valence-corrected chi connectivity index (χ0v) is 12.5. The lowest BCUT2D eigenvalue weighted by Gasteiger charge is -2.06. The van der Waals surface area contributed by atoms with Crippen LogP contribution in [0, 0.1) is 18.8 Å². The minimum Gasteiger partial charge on any atom is -0.384 e. The molecular formula is C15H19NO3S. The lowest BCUT2D eigenvalue weighted by molar-refractivity contribution is 0.0953. The number of carbonyl (C=O) groups is 1. The molecule has 1 unspecified atom stereocenters. The van der Waals surface area contributed by atoms with Crippen LogP contribution in [0.3, 0.4) is 0 Å². The maximum absolute atomic E-state index is 11.9. The van der Waals surface area contributed by atoms with Gasteiger partial charge in [0.25, 0.3) is 5.91 Å². The van der Waals surface area contributed by atoms with Gasteiger partial charge in [0.15, 0.2) is 0 Å². The summed E-state index contributed by atoms with van der Waals surface area (Å²) >= 11 is 0. The van der Waals surface area contributed by atoms with Crippen LogP contribution < -0.4 is 5.32 Å². The third kappa shape index (κ3) is 5.55. The summed E-state index contributed by atoms with van der Waals surface area (Å²) in [5.74, 6) is 5.81. The molecule has 0 spiro atoms. The van der Waals surface area contributed by atoms with Gasteiger partial charge in [0, 0.05) is 40.5 Å². The third-order valence-corrected chi connectivity index (χ3v) is 3.56. The molecule has 2 N–H and O–H groups in total. The summed E-state index contributed by atoms with van der Waals surface area (Å²) in [5.41, 5.74) is 2.24. The van der Waals surface area contributed by atoms with E-state index in [1.807, 2.05) is 13.0 Å². The lowest BCUT2D eigenvalue weighted by atomic mass is 10.0. The Morgan fingerprint density at radius 1 is 1.45 bits per heavy atom. The van der Waals surface area contributed by atoms with Crippen LogP contribution in [0.15, 0.2) is 18.2 Å². The van der Waals surface area contributed by atoms with Crippen LogP contribution in [-0.2, 0) is 10.8 Å².